The van der Waals surface area contributed by atoms with Gasteiger partial charge in [0.2, 0.25) is 5.91 Å². The molecule has 2 aliphatic heterocycles. The summed E-state index contributed by atoms with van der Waals surface area (Å²) in [7, 11) is 2.14. The van der Waals surface area contributed by atoms with Crippen LogP contribution in [0.15, 0.2) is 24.3 Å². The number of benzene rings is 1. The van der Waals surface area contributed by atoms with Crippen LogP contribution in [0, 0.1) is 5.82 Å². The van der Waals surface area contributed by atoms with E-state index in [0.717, 1.165) is 25.9 Å². The zero-order chi connectivity index (χ0) is 15.7. The first-order chi connectivity index (χ1) is 10.5. The van der Waals surface area contributed by atoms with Crippen LogP contribution in [0.25, 0.3) is 0 Å². The molecule has 1 N–H and O–H groups in total. The number of carbonyl (C=O) groups is 1. The maximum Gasteiger partial charge on any atom is 0.225 e. The third-order valence-electron chi connectivity index (χ3n) is 5.10. The van der Waals surface area contributed by atoms with Gasteiger partial charge in [0.1, 0.15) is 5.82 Å². The summed E-state index contributed by atoms with van der Waals surface area (Å²) in [5.41, 5.74) is 0.460. The molecule has 1 aromatic carbocycles. The van der Waals surface area contributed by atoms with Crippen molar-refractivity contribution in [1.82, 2.24) is 9.80 Å². The Labute approximate surface area is 130 Å². The molecule has 5 heteroatoms. The van der Waals surface area contributed by atoms with Gasteiger partial charge >= 0.3 is 0 Å². The van der Waals surface area contributed by atoms with Crippen LogP contribution in [0.1, 0.15) is 37.4 Å². The van der Waals surface area contributed by atoms with Crippen molar-refractivity contribution in [3.63, 3.8) is 0 Å². The number of likely N-dealkylation sites (N-methyl/N-ethyl adjacent to an activating group) is 1. The molecule has 2 heterocycles. The summed E-state index contributed by atoms with van der Waals surface area (Å²) >= 11 is 0. The van der Waals surface area contributed by atoms with Crippen molar-refractivity contribution in [2.75, 3.05) is 20.1 Å². The van der Waals surface area contributed by atoms with E-state index >= 15 is 0 Å². The van der Waals surface area contributed by atoms with Crippen LogP contribution < -0.4 is 0 Å². The standard InChI is InChI=1S/C17H23FN2O2/c1-19-14-5-6-15(19)11-20(8-7-14)17(22)10-16(21)12-3-2-4-13(18)9-12/h2-4,9,14-16,21H,5-8,10-11H2,1H3. The minimum atomic E-state index is -0.943. The van der Waals surface area contributed by atoms with E-state index in [4.69, 9.17) is 0 Å². The third-order valence-corrected chi connectivity index (χ3v) is 5.10. The molecule has 3 unspecified atom stereocenters. The fraction of sp³-hybridized carbons (Fsp3) is 0.588. The fourth-order valence-corrected chi connectivity index (χ4v) is 3.66. The van der Waals surface area contributed by atoms with Crippen molar-refractivity contribution in [3.05, 3.63) is 35.6 Å². The normalized spacial score (nSPS) is 26.8. The Kier molecular flexibility index (Phi) is 4.45. The van der Waals surface area contributed by atoms with Crippen LogP contribution in [-0.2, 0) is 4.79 Å². The predicted molar refractivity (Wildman–Crippen MR) is 81.7 cm³/mol. The topological polar surface area (TPSA) is 43.8 Å². The molecule has 0 spiro atoms. The summed E-state index contributed by atoms with van der Waals surface area (Å²) in [6, 6.07) is 6.84. The minimum absolute atomic E-state index is 0.0184. The molecule has 3 atom stereocenters. The highest BCUT2D eigenvalue weighted by atomic mass is 19.1. The number of likely N-dealkylation sites (tertiary alicyclic amines) is 1. The Balaban J connectivity index is 1.62. The molecule has 2 saturated heterocycles. The van der Waals surface area contributed by atoms with E-state index in [2.05, 4.69) is 11.9 Å². The van der Waals surface area contributed by atoms with Gasteiger partial charge in [-0.25, -0.2) is 4.39 Å². The SMILES string of the molecule is CN1C2CCC1CN(C(=O)CC(O)c1cccc(F)c1)CC2. The van der Waals surface area contributed by atoms with Gasteiger partial charge in [0.15, 0.2) is 0 Å². The maximum absolute atomic E-state index is 13.2. The number of hydrogen-bond acceptors (Lipinski definition) is 3. The van der Waals surface area contributed by atoms with Crippen molar-refractivity contribution in [1.29, 1.82) is 0 Å². The molecule has 4 nitrogen and oxygen atoms in total. The Morgan fingerprint density at radius 2 is 2.14 bits per heavy atom. The Morgan fingerprint density at radius 3 is 2.91 bits per heavy atom. The van der Waals surface area contributed by atoms with Gasteiger partial charge in [-0.05, 0) is 44.0 Å². The second kappa shape index (κ2) is 6.34. The zero-order valence-electron chi connectivity index (χ0n) is 12.9. The maximum atomic E-state index is 13.2. The van der Waals surface area contributed by atoms with Crippen LogP contribution in [0.5, 0.6) is 0 Å². The molecule has 120 valence electrons. The number of halogens is 1. The van der Waals surface area contributed by atoms with E-state index in [1.54, 1.807) is 12.1 Å². The van der Waals surface area contributed by atoms with E-state index in [0.29, 0.717) is 17.6 Å². The number of rotatable bonds is 3. The van der Waals surface area contributed by atoms with Crippen molar-refractivity contribution >= 4 is 5.91 Å². The molecule has 0 radical (unpaired) electrons. The van der Waals surface area contributed by atoms with Crippen LogP contribution in [0.2, 0.25) is 0 Å². The summed E-state index contributed by atoms with van der Waals surface area (Å²) < 4.78 is 13.2. The molecule has 0 aliphatic carbocycles. The fourth-order valence-electron chi connectivity index (χ4n) is 3.66. The molecule has 22 heavy (non-hydrogen) atoms. The van der Waals surface area contributed by atoms with E-state index < -0.39 is 11.9 Å². The largest absolute Gasteiger partial charge is 0.388 e. The lowest BCUT2D eigenvalue weighted by Gasteiger charge is -2.26. The van der Waals surface area contributed by atoms with E-state index in [1.807, 2.05) is 4.90 Å². The summed E-state index contributed by atoms with van der Waals surface area (Å²) in [5.74, 6) is -0.435. The van der Waals surface area contributed by atoms with Gasteiger partial charge in [-0.15, -0.1) is 0 Å². The molecule has 2 aliphatic rings. The van der Waals surface area contributed by atoms with Gasteiger partial charge in [0, 0.05) is 25.2 Å². The lowest BCUT2D eigenvalue weighted by atomic mass is 10.0. The number of hydrogen-bond donors (Lipinski definition) is 1. The lowest BCUT2D eigenvalue weighted by Crippen LogP contribution is -2.40. The smallest absolute Gasteiger partial charge is 0.225 e. The van der Waals surface area contributed by atoms with E-state index in [-0.39, 0.29) is 12.3 Å². The van der Waals surface area contributed by atoms with Gasteiger partial charge in [-0.3, -0.25) is 9.69 Å². The highest BCUT2D eigenvalue weighted by molar-refractivity contribution is 5.77. The van der Waals surface area contributed by atoms with E-state index in [9.17, 15) is 14.3 Å². The number of aliphatic hydroxyl groups is 1. The van der Waals surface area contributed by atoms with Crippen LogP contribution in [0.4, 0.5) is 4.39 Å². The second-order valence-electron chi connectivity index (χ2n) is 6.45. The summed E-state index contributed by atoms with van der Waals surface area (Å²) in [6.07, 6.45) is 2.42. The van der Waals surface area contributed by atoms with E-state index in [1.165, 1.54) is 18.6 Å². The molecule has 0 saturated carbocycles. The van der Waals surface area contributed by atoms with Crippen molar-refractivity contribution < 1.29 is 14.3 Å². The van der Waals surface area contributed by atoms with Gasteiger partial charge in [0.25, 0.3) is 0 Å². The Bertz CT molecular complexity index is 551. The average molecular weight is 306 g/mol. The van der Waals surface area contributed by atoms with Crippen molar-refractivity contribution in [2.45, 2.75) is 43.9 Å². The number of nitrogens with zero attached hydrogens (tertiary/aromatic N) is 2. The monoisotopic (exact) mass is 306 g/mol. The molecule has 3 rings (SSSR count). The predicted octanol–water partition coefficient (Wildman–Crippen LogP) is 1.94. The second-order valence-corrected chi connectivity index (χ2v) is 6.45. The average Bonchev–Trinajstić information content (AvgIpc) is 2.71. The number of aliphatic hydroxyl groups excluding tert-OH is 1. The van der Waals surface area contributed by atoms with Crippen LogP contribution >= 0.6 is 0 Å². The minimum Gasteiger partial charge on any atom is -0.388 e. The summed E-state index contributed by atoms with van der Waals surface area (Å²) in [5, 5.41) is 10.2. The molecular formula is C17H23FN2O2. The lowest BCUT2D eigenvalue weighted by molar-refractivity contribution is -0.133. The van der Waals surface area contributed by atoms with Crippen LogP contribution in [-0.4, -0.2) is 53.0 Å². The highest BCUT2D eigenvalue weighted by Gasteiger charge is 2.36. The first-order valence-corrected chi connectivity index (χ1v) is 7.98. The van der Waals surface area contributed by atoms with Crippen LogP contribution in [0.3, 0.4) is 0 Å². The zero-order valence-corrected chi connectivity index (χ0v) is 12.9. The molecule has 0 aromatic heterocycles. The Hall–Kier alpha value is -1.46. The number of carbonyl (C=O) groups excluding carboxylic acids is 1. The molecular weight excluding hydrogens is 283 g/mol. The highest BCUT2D eigenvalue weighted by Crippen LogP contribution is 2.29. The Morgan fingerprint density at radius 1 is 1.36 bits per heavy atom. The van der Waals surface area contributed by atoms with Gasteiger partial charge in [0.05, 0.1) is 12.5 Å². The van der Waals surface area contributed by atoms with Gasteiger partial charge in [-0.1, -0.05) is 12.1 Å². The number of amides is 1. The first-order valence-electron chi connectivity index (χ1n) is 7.98. The summed E-state index contributed by atoms with van der Waals surface area (Å²) in [4.78, 5) is 16.7. The molecule has 1 aromatic rings. The third kappa shape index (κ3) is 3.15. The van der Waals surface area contributed by atoms with Gasteiger partial charge < -0.3 is 10.0 Å². The van der Waals surface area contributed by atoms with Crippen molar-refractivity contribution in [3.8, 4) is 0 Å². The molecule has 2 bridgehead atoms. The quantitative estimate of drug-likeness (QED) is 0.928. The van der Waals surface area contributed by atoms with Gasteiger partial charge in [-0.2, -0.15) is 0 Å². The van der Waals surface area contributed by atoms with Crippen molar-refractivity contribution in [2.24, 2.45) is 0 Å². The molecule has 2 fully saturated rings. The molecule has 1 amide bonds. The summed E-state index contributed by atoms with van der Waals surface area (Å²) in [6.45, 7) is 1.49. The number of fused-ring (bicyclic) bond motifs is 2. The first kappa shape index (κ1) is 15.4.